The summed E-state index contributed by atoms with van der Waals surface area (Å²) in [7, 11) is -2.41. The van der Waals surface area contributed by atoms with E-state index in [9.17, 15) is 22.4 Å². The molecule has 0 fully saturated rings. The molecule has 0 aliphatic heterocycles. The van der Waals surface area contributed by atoms with Gasteiger partial charge in [0.25, 0.3) is 0 Å². The van der Waals surface area contributed by atoms with Gasteiger partial charge < -0.3 is 15.0 Å². The van der Waals surface area contributed by atoms with E-state index in [-0.39, 0.29) is 30.3 Å². The summed E-state index contributed by atoms with van der Waals surface area (Å²) >= 11 is 0. The van der Waals surface area contributed by atoms with E-state index < -0.39 is 40.2 Å². The van der Waals surface area contributed by atoms with Crippen molar-refractivity contribution in [1.29, 1.82) is 0 Å². The highest BCUT2D eigenvalue weighted by atomic mass is 32.2. The number of ether oxygens (including phenoxy) is 1. The number of amides is 2. The molecule has 2 unspecified atom stereocenters. The molecule has 8 nitrogen and oxygen atoms in total. The van der Waals surface area contributed by atoms with Crippen molar-refractivity contribution < 1.29 is 27.1 Å². The number of hydrogen-bond acceptors (Lipinski definition) is 5. The number of carbonyl (C=O) groups excluding carboxylic acids is 2. The highest BCUT2D eigenvalue weighted by molar-refractivity contribution is 7.92. The van der Waals surface area contributed by atoms with E-state index in [1.165, 1.54) is 36.3 Å². The number of nitrogens with one attached hydrogen (secondary N) is 1. The summed E-state index contributed by atoms with van der Waals surface area (Å²) in [6.07, 6.45) is 1.83. The maximum atomic E-state index is 14.8. The Bertz CT molecular complexity index is 1380. The Balaban J connectivity index is 2.06. The molecule has 214 valence electrons. The quantitative estimate of drug-likeness (QED) is 0.334. The molecule has 0 bridgehead atoms. The van der Waals surface area contributed by atoms with Gasteiger partial charge in [0.15, 0.2) is 0 Å². The van der Waals surface area contributed by atoms with Gasteiger partial charge in [0.2, 0.25) is 21.8 Å². The lowest BCUT2D eigenvalue weighted by Crippen LogP contribution is -2.54. The van der Waals surface area contributed by atoms with Crippen LogP contribution in [0, 0.1) is 5.82 Å². The first-order valence-electron chi connectivity index (χ1n) is 13.0. The first-order valence-corrected chi connectivity index (χ1v) is 14.9. The molecular formula is C30H36FN3O5S. The highest BCUT2D eigenvalue weighted by Crippen LogP contribution is 2.23. The van der Waals surface area contributed by atoms with Gasteiger partial charge in [0.1, 0.15) is 24.2 Å². The van der Waals surface area contributed by atoms with E-state index in [0.717, 1.165) is 16.1 Å². The van der Waals surface area contributed by atoms with Gasteiger partial charge in [-0.25, -0.2) is 12.8 Å². The first-order chi connectivity index (χ1) is 19.0. The zero-order valence-corrected chi connectivity index (χ0v) is 24.0. The molecule has 0 aromatic heterocycles. The van der Waals surface area contributed by atoms with Gasteiger partial charge >= 0.3 is 0 Å². The molecule has 2 atom stereocenters. The number of benzene rings is 3. The van der Waals surface area contributed by atoms with Crippen LogP contribution in [0.1, 0.15) is 31.4 Å². The summed E-state index contributed by atoms with van der Waals surface area (Å²) in [5.74, 6) is -1.06. The Hall–Kier alpha value is -3.92. The fraction of sp³-hybridized carbons (Fsp3) is 0.333. The molecule has 3 rings (SSSR count). The molecule has 1 N–H and O–H groups in total. The Morgan fingerprint density at radius 2 is 1.60 bits per heavy atom. The van der Waals surface area contributed by atoms with Crippen LogP contribution < -0.4 is 14.4 Å². The molecule has 40 heavy (non-hydrogen) atoms. The Morgan fingerprint density at radius 1 is 0.975 bits per heavy atom. The summed E-state index contributed by atoms with van der Waals surface area (Å²) in [6.45, 7) is 2.98. The van der Waals surface area contributed by atoms with Gasteiger partial charge in [-0.1, -0.05) is 55.5 Å². The van der Waals surface area contributed by atoms with Crippen LogP contribution in [0.5, 0.6) is 5.75 Å². The number of sulfonamides is 1. The molecule has 0 saturated heterocycles. The van der Waals surface area contributed by atoms with Crippen molar-refractivity contribution in [2.75, 3.05) is 24.2 Å². The Kier molecular flexibility index (Phi) is 10.7. The molecule has 3 aromatic carbocycles. The molecule has 0 aliphatic carbocycles. The predicted octanol–water partition coefficient (Wildman–Crippen LogP) is 4.16. The van der Waals surface area contributed by atoms with Gasteiger partial charge in [-0.05, 0) is 49.2 Å². The summed E-state index contributed by atoms with van der Waals surface area (Å²) in [6, 6.07) is 20.3. The summed E-state index contributed by atoms with van der Waals surface area (Å²) in [5, 5.41) is 2.94. The van der Waals surface area contributed by atoms with Gasteiger partial charge in [-0.3, -0.25) is 13.9 Å². The fourth-order valence-corrected chi connectivity index (χ4v) is 5.02. The second-order valence-electron chi connectivity index (χ2n) is 9.60. The fourth-order valence-electron chi connectivity index (χ4n) is 4.17. The van der Waals surface area contributed by atoms with Crippen molar-refractivity contribution in [3.05, 3.63) is 95.8 Å². The molecule has 0 spiro atoms. The third-order valence-corrected chi connectivity index (χ3v) is 7.75. The van der Waals surface area contributed by atoms with E-state index in [2.05, 4.69) is 5.32 Å². The van der Waals surface area contributed by atoms with Crippen LogP contribution in [0.25, 0.3) is 0 Å². The predicted molar refractivity (Wildman–Crippen MR) is 154 cm³/mol. The standard InChI is InChI=1S/C30H36FN3O5S/c1-5-22(2)32-30(36)28(19-23-11-7-6-8-12-23)33(20-24-13-9-10-14-27(24)31)29(35)21-34(40(4,37)38)25-15-17-26(39-3)18-16-25/h6-18,22,28H,5,19-21H2,1-4H3,(H,32,36). The molecular weight excluding hydrogens is 533 g/mol. The van der Waals surface area contributed by atoms with Crippen LogP contribution in [0.2, 0.25) is 0 Å². The van der Waals surface area contributed by atoms with E-state index in [4.69, 9.17) is 4.74 Å². The second kappa shape index (κ2) is 13.9. The van der Waals surface area contributed by atoms with E-state index in [1.807, 2.05) is 44.2 Å². The monoisotopic (exact) mass is 569 g/mol. The minimum Gasteiger partial charge on any atom is -0.497 e. The molecule has 0 aliphatic rings. The topological polar surface area (TPSA) is 96.0 Å². The average Bonchev–Trinajstić information content (AvgIpc) is 2.94. The third-order valence-electron chi connectivity index (χ3n) is 6.61. The number of nitrogens with zero attached hydrogens (tertiary/aromatic N) is 2. The lowest BCUT2D eigenvalue weighted by atomic mass is 10.0. The number of anilines is 1. The van der Waals surface area contributed by atoms with Crippen LogP contribution in [0.3, 0.4) is 0 Å². The maximum absolute atomic E-state index is 14.8. The van der Waals surface area contributed by atoms with Crippen molar-refractivity contribution in [3.8, 4) is 5.75 Å². The van der Waals surface area contributed by atoms with Crippen molar-refractivity contribution >= 4 is 27.5 Å². The number of halogens is 1. The SMILES string of the molecule is CCC(C)NC(=O)C(Cc1ccccc1)N(Cc1ccccc1F)C(=O)CN(c1ccc(OC)cc1)S(C)(=O)=O. The normalized spacial score (nSPS) is 12.7. The number of methoxy groups -OCH3 is 1. The van der Waals surface area contributed by atoms with Crippen molar-refractivity contribution in [3.63, 3.8) is 0 Å². The largest absolute Gasteiger partial charge is 0.497 e. The van der Waals surface area contributed by atoms with Crippen LogP contribution in [0.15, 0.2) is 78.9 Å². The molecule has 10 heteroatoms. The molecule has 0 saturated carbocycles. The van der Waals surface area contributed by atoms with Crippen molar-refractivity contribution in [2.24, 2.45) is 0 Å². The Morgan fingerprint density at radius 3 is 2.17 bits per heavy atom. The zero-order valence-electron chi connectivity index (χ0n) is 23.2. The van der Waals surface area contributed by atoms with E-state index >= 15 is 0 Å². The number of hydrogen-bond donors (Lipinski definition) is 1. The van der Waals surface area contributed by atoms with Crippen molar-refractivity contribution in [1.82, 2.24) is 10.2 Å². The summed E-state index contributed by atoms with van der Waals surface area (Å²) in [4.78, 5) is 28.9. The van der Waals surface area contributed by atoms with Gasteiger partial charge in [0, 0.05) is 24.6 Å². The number of rotatable bonds is 13. The molecule has 3 aromatic rings. The van der Waals surface area contributed by atoms with Crippen LogP contribution in [-0.4, -0.2) is 57.1 Å². The lowest BCUT2D eigenvalue weighted by Gasteiger charge is -2.34. The van der Waals surface area contributed by atoms with Crippen LogP contribution in [0.4, 0.5) is 10.1 Å². The second-order valence-corrected chi connectivity index (χ2v) is 11.5. The van der Waals surface area contributed by atoms with E-state index in [0.29, 0.717) is 12.2 Å². The van der Waals surface area contributed by atoms with Gasteiger partial charge in [0.05, 0.1) is 19.1 Å². The smallest absolute Gasteiger partial charge is 0.244 e. The zero-order chi connectivity index (χ0) is 29.3. The minimum atomic E-state index is -3.90. The molecule has 0 heterocycles. The molecule has 2 amide bonds. The average molecular weight is 570 g/mol. The van der Waals surface area contributed by atoms with E-state index in [1.54, 1.807) is 24.3 Å². The van der Waals surface area contributed by atoms with Crippen molar-refractivity contribution in [2.45, 2.75) is 45.3 Å². The number of carbonyl (C=O) groups is 2. The first kappa shape index (κ1) is 30.6. The minimum absolute atomic E-state index is 0.157. The maximum Gasteiger partial charge on any atom is 0.244 e. The highest BCUT2D eigenvalue weighted by Gasteiger charge is 2.33. The molecule has 0 radical (unpaired) electrons. The van der Waals surface area contributed by atoms with Crippen LogP contribution >= 0.6 is 0 Å². The van der Waals surface area contributed by atoms with Gasteiger partial charge in [-0.15, -0.1) is 0 Å². The lowest BCUT2D eigenvalue weighted by molar-refractivity contribution is -0.140. The van der Waals surface area contributed by atoms with Gasteiger partial charge in [-0.2, -0.15) is 0 Å². The third kappa shape index (κ3) is 8.29. The van der Waals surface area contributed by atoms with Crippen LogP contribution in [-0.2, 0) is 32.6 Å². The summed E-state index contributed by atoms with van der Waals surface area (Å²) < 4.78 is 46.6. The Labute approximate surface area is 235 Å². The summed E-state index contributed by atoms with van der Waals surface area (Å²) in [5.41, 5.74) is 1.26.